The van der Waals surface area contributed by atoms with Gasteiger partial charge in [-0.05, 0) is 57.7 Å². The molecular formula is C21H28O7. The maximum Gasteiger partial charge on any atom is 0.333 e. The summed E-state index contributed by atoms with van der Waals surface area (Å²) in [6.07, 6.45) is 3.14. The van der Waals surface area contributed by atoms with Crippen molar-refractivity contribution < 1.29 is 33.2 Å². The lowest BCUT2D eigenvalue weighted by Crippen LogP contribution is -2.31. The molecular weight excluding hydrogens is 364 g/mol. The van der Waals surface area contributed by atoms with Gasteiger partial charge < -0.3 is 28.4 Å². The van der Waals surface area contributed by atoms with E-state index in [0.29, 0.717) is 29.4 Å². The summed E-state index contributed by atoms with van der Waals surface area (Å²) >= 11 is 0. The van der Waals surface area contributed by atoms with Gasteiger partial charge in [-0.1, -0.05) is 6.08 Å². The minimum Gasteiger partial charge on any atom is -0.493 e. The molecule has 0 radical (unpaired) electrons. The zero-order chi connectivity index (χ0) is 20.1. The first-order valence-corrected chi connectivity index (χ1v) is 9.62. The Morgan fingerprint density at radius 1 is 1.29 bits per heavy atom. The molecule has 1 fully saturated rings. The van der Waals surface area contributed by atoms with E-state index in [9.17, 15) is 4.79 Å². The van der Waals surface area contributed by atoms with Gasteiger partial charge in [0.05, 0.1) is 7.11 Å². The minimum atomic E-state index is -0.544. The van der Waals surface area contributed by atoms with Crippen molar-refractivity contribution >= 4 is 5.97 Å². The van der Waals surface area contributed by atoms with Crippen LogP contribution in [0.25, 0.3) is 0 Å². The molecule has 0 amide bonds. The number of ether oxygens (including phenoxy) is 6. The topological polar surface area (TPSA) is 72.5 Å². The number of carbonyl (C=O) groups is 1. The summed E-state index contributed by atoms with van der Waals surface area (Å²) in [4.78, 5) is 12.3. The van der Waals surface area contributed by atoms with Crippen molar-refractivity contribution in [3.8, 4) is 17.2 Å². The number of hydrogen-bond donors (Lipinski definition) is 0. The number of benzene rings is 1. The second-order valence-electron chi connectivity index (χ2n) is 6.89. The van der Waals surface area contributed by atoms with Crippen LogP contribution in [0.2, 0.25) is 0 Å². The molecule has 0 spiro atoms. The molecule has 1 aromatic carbocycles. The molecule has 0 N–H and O–H groups in total. The van der Waals surface area contributed by atoms with E-state index in [1.807, 2.05) is 19.1 Å². The molecule has 1 aromatic rings. The Hall–Kier alpha value is -2.25. The van der Waals surface area contributed by atoms with Crippen molar-refractivity contribution in [1.29, 1.82) is 0 Å². The summed E-state index contributed by atoms with van der Waals surface area (Å²) in [5.41, 5.74) is 1.32. The Kier molecular flexibility index (Phi) is 6.80. The van der Waals surface area contributed by atoms with Crippen molar-refractivity contribution in [3.05, 3.63) is 29.3 Å². The van der Waals surface area contributed by atoms with E-state index in [1.165, 1.54) is 0 Å². The highest BCUT2D eigenvalue weighted by Gasteiger charge is 2.31. The summed E-state index contributed by atoms with van der Waals surface area (Å²) in [5.74, 6) is 1.32. The Bertz CT molecular complexity index is 722. The van der Waals surface area contributed by atoms with Crippen molar-refractivity contribution in [1.82, 2.24) is 0 Å². The van der Waals surface area contributed by atoms with Crippen LogP contribution in [-0.2, 0) is 19.0 Å². The van der Waals surface area contributed by atoms with Crippen molar-refractivity contribution in [3.63, 3.8) is 0 Å². The lowest BCUT2D eigenvalue weighted by Gasteiger charge is -2.31. The molecule has 2 aliphatic rings. The zero-order valence-electron chi connectivity index (χ0n) is 16.9. The molecule has 0 bridgehead atoms. The Morgan fingerprint density at radius 3 is 2.79 bits per heavy atom. The minimum absolute atomic E-state index is 0.136. The largest absolute Gasteiger partial charge is 0.493 e. The van der Waals surface area contributed by atoms with E-state index >= 15 is 0 Å². The fourth-order valence-corrected chi connectivity index (χ4v) is 3.20. The van der Waals surface area contributed by atoms with Crippen LogP contribution in [0.4, 0.5) is 0 Å². The van der Waals surface area contributed by atoms with Crippen LogP contribution in [0.5, 0.6) is 17.2 Å². The Labute approximate surface area is 165 Å². The molecule has 1 unspecified atom stereocenters. The van der Waals surface area contributed by atoms with E-state index in [4.69, 9.17) is 28.4 Å². The summed E-state index contributed by atoms with van der Waals surface area (Å²) in [5, 5.41) is 0. The van der Waals surface area contributed by atoms with E-state index in [0.717, 1.165) is 24.8 Å². The highest BCUT2D eigenvalue weighted by Crippen LogP contribution is 2.44. The van der Waals surface area contributed by atoms with Gasteiger partial charge in [-0.25, -0.2) is 4.79 Å². The third-order valence-electron chi connectivity index (χ3n) is 4.92. The number of esters is 1. The summed E-state index contributed by atoms with van der Waals surface area (Å²) in [6, 6.07) is 3.67. The average Bonchev–Trinajstić information content (AvgIpc) is 3.19. The summed E-state index contributed by atoms with van der Waals surface area (Å²) < 4.78 is 34.1. The molecule has 1 saturated heterocycles. The van der Waals surface area contributed by atoms with Gasteiger partial charge in [0.15, 0.2) is 17.8 Å². The van der Waals surface area contributed by atoms with Gasteiger partial charge in [0.25, 0.3) is 0 Å². The molecule has 3 rings (SSSR count). The molecule has 7 nitrogen and oxygen atoms in total. The Balaban J connectivity index is 1.88. The number of methoxy groups -OCH3 is 1. The maximum absolute atomic E-state index is 12.3. The van der Waals surface area contributed by atoms with Crippen molar-refractivity contribution in [2.75, 3.05) is 20.5 Å². The number of hydrogen-bond acceptors (Lipinski definition) is 7. The van der Waals surface area contributed by atoms with Crippen molar-refractivity contribution in [2.45, 2.75) is 58.5 Å². The molecule has 0 aliphatic carbocycles. The van der Waals surface area contributed by atoms with Gasteiger partial charge in [0.1, 0.15) is 12.2 Å². The summed E-state index contributed by atoms with van der Waals surface area (Å²) in [7, 11) is 1.57. The van der Waals surface area contributed by atoms with Crippen LogP contribution in [0, 0.1) is 0 Å². The first kappa shape index (κ1) is 20.5. The van der Waals surface area contributed by atoms with Crippen LogP contribution in [-0.4, -0.2) is 38.9 Å². The predicted octanol–water partition coefficient (Wildman–Crippen LogP) is 3.91. The fourth-order valence-electron chi connectivity index (χ4n) is 3.20. The normalized spacial score (nSPS) is 21.1. The first-order chi connectivity index (χ1) is 13.5. The predicted molar refractivity (Wildman–Crippen MR) is 102 cm³/mol. The van der Waals surface area contributed by atoms with E-state index in [1.54, 1.807) is 27.0 Å². The highest BCUT2D eigenvalue weighted by atomic mass is 16.7. The van der Waals surface area contributed by atoms with Crippen LogP contribution < -0.4 is 14.2 Å². The summed E-state index contributed by atoms with van der Waals surface area (Å²) in [6.45, 7) is 6.13. The molecule has 0 saturated carbocycles. The number of fused-ring (bicyclic) bond motifs is 1. The van der Waals surface area contributed by atoms with Crippen LogP contribution in [0.15, 0.2) is 23.8 Å². The molecule has 154 valence electrons. The quantitative estimate of drug-likeness (QED) is 0.515. The van der Waals surface area contributed by atoms with Gasteiger partial charge in [0.2, 0.25) is 12.5 Å². The average molecular weight is 392 g/mol. The lowest BCUT2D eigenvalue weighted by atomic mass is 10.0. The maximum atomic E-state index is 12.3. The molecule has 7 heteroatoms. The highest BCUT2D eigenvalue weighted by molar-refractivity contribution is 5.87. The van der Waals surface area contributed by atoms with Gasteiger partial charge in [0, 0.05) is 12.2 Å². The molecule has 2 aliphatic heterocycles. The number of allylic oxidation sites excluding steroid dienone is 1. The van der Waals surface area contributed by atoms with Gasteiger partial charge in [-0.15, -0.1) is 0 Å². The van der Waals surface area contributed by atoms with Gasteiger partial charge >= 0.3 is 5.97 Å². The first-order valence-electron chi connectivity index (χ1n) is 9.62. The molecule has 28 heavy (non-hydrogen) atoms. The monoisotopic (exact) mass is 392 g/mol. The Morgan fingerprint density at radius 2 is 2.11 bits per heavy atom. The van der Waals surface area contributed by atoms with E-state index in [-0.39, 0.29) is 19.1 Å². The van der Waals surface area contributed by atoms with Crippen LogP contribution >= 0.6 is 0 Å². The third kappa shape index (κ3) is 4.59. The molecule has 0 aromatic heterocycles. The SMILES string of the molecule is C/C=C(\C)C(=O)O[C@@H](C)[C@H](OC1CCCCO1)c1cc(OC)c2c(c1)OCO2. The van der Waals surface area contributed by atoms with Gasteiger partial charge in [-0.3, -0.25) is 0 Å². The van der Waals surface area contributed by atoms with Crippen LogP contribution in [0.1, 0.15) is 51.7 Å². The van der Waals surface area contributed by atoms with E-state index in [2.05, 4.69) is 0 Å². The second-order valence-corrected chi connectivity index (χ2v) is 6.89. The van der Waals surface area contributed by atoms with Crippen LogP contribution in [0.3, 0.4) is 0 Å². The van der Waals surface area contributed by atoms with Crippen molar-refractivity contribution in [2.24, 2.45) is 0 Å². The smallest absolute Gasteiger partial charge is 0.333 e. The lowest BCUT2D eigenvalue weighted by molar-refractivity contribution is -0.212. The fraction of sp³-hybridized carbons (Fsp3) is 0.571. The standard InChI is InChI=1S/C21H28O7/c1-5-13(2)21(22)27-14(3)19(28-18-8-6-7-9-24-18)15-10-16(23-4)20-17(11-15)25-12-26-20/h5,10-11,14,18-19H,6-9,12H2,1-4H3/b13-5+/t14-,18?,19-/m0/s1. The second kappa shape index (κ2) is 9.30. The van der Waals surface area contributed by atoms with Gasteiger partial charge in [-0.2, -0.15) is 0 Å². The number of carbonyl (C=O) groups excluding carboxylic acids is 1. The third-order valence-corrected chi connectivity index (χ3v) is 4.92. The molecule has 3 atom stereocenters. The zero-order valence-corrected chi connectivity index (χ0v) is 16.9. The number of rotatable bonds is 7. The van der Waals surface area contributed by atoms with E-state index < -0.39 is 12.2 Å². The molecule has 2 heterocycles.